The van der Waals surface area contributed by atoms with Crippen LogP contribution in [-0.2, 0) is 32.6 Å². The molecule has 0 saturated carbocycles. The molecule has 0 fully saturated rings. The van der Waals surface area contributed by atoms with Gasteiger partial charge in [0.15, 0.2) is 0 Å². The second-order valence-electron chi connectivity index (χ2n) is 10.1. The van der Waals surface area contributed by atoms with E-state index in [1.165, 1.54) is 11.4 Å². The lowest BCUT2D eigenvalue weighted by molar-refractivity contribution is -0.141. The molecule has 2 amide bonds. The van der Waals surface area contributed by atoms with Crippen LogP contribution in [0.1, 0.15) is 42.9 Å². The second kappa shape index (κ2) is 15.2. The van der Waals surface area contributed by atoms with Crippen LogP contribution in [0.3, 0.4) is 0 Å². The number of benzene rings is 3. The van der Waals surface area contributed by atoms with E-state index in [0.717, 1.165) is 29.4 Å². The fourth-order valence-corrected chi connectivity index (χ4v) is 5.54. The summed E-state index contributed by atoms with van der Waals surface area (Å²) in [5, 5.41) is 2.98. The maximum atomic E-state index is 13.9. The van der Waals surface area contributed by atoms with Gasteiger partial charge in [0.25, 0.3) is 0 Å². The number of anilines is 1. The van der Waals surface area contributed by atoms with Crippen LogP contribution in [0.25, 0.3) is 0 Å². The Bertz CT molecular complexity index is 1380. The van der Waals surface area contributed by atoms with Gasteiger partial charge < -0.3 is 15.0 Å². The Morgan fingerprint density at radius 1 is 0.951 bits per heavy atom. The molecule has 220 valence electrons. The average molecular weight is 580 g/mol. The Morgan fingerprint density at radius 2 is 1.66 bits per heavy atom. The summed E-state index contributed by atoms with van der Waals surface area (Å²) in [5.41, 5.74) is 3.44. The minimum atomic E-state index is -3.61. The first-order chi connectivity index (χ1) is 19.6. The molecule has 0 aromatic heterocycles. The highest BCUT2D eigenvalue weighted by Crippen LogP contribution is 2.24. The summed E-state index contributed by atoms with van der Waals surface area (Å²) in [6.07, 6.45) is 2.65. The van der Waals surface area contributed by atoms with E-state index in [2.05, 4.69) is 5.32 Å². The quantitative estimate of drug-likeness (QED) is 0.281. The van der Waals surface area contributed by atoms with E-state index in [1.807, 2.05) is 68.4 Å². The van der Waals surface area contributed by atoms with E-state index in [1.54, 1.807) is 29.2 Å². The van der Waals surface area contributed by atoms with Crippen molar-refractivity contribution >= 4 is 27.5 Å². The Hall–Kier alpha value is -3.85. The standard InChI is InChI=1S/C32H41N3O5S/c1-5-20-33-32(37)30(22-26-11-7-6-8-12-26)34(24-27-18-16-25(2)17-19-27)31(36)15-10-21-35(41(4,38)39)28-13-9-14-29(23-28)40-3/h6-9,11-14,16-19,23,30H,5,10,15,20-22,24H2,1-4H3,(H,33,37). The molecule has 0 saturated heterocycles. The molecule has 0 heterocycles. The minimum absolute atomic E-state index is 0.0776. The number of hydrogen-bond donors (Lipinski definition) is 1. The lowest BCUT2D eigenvalue weighted by Gasteiger charge is -2.32. The molecule has 0 spiro atoms. The first kappa shape index (κ1) is 31.7. The summed E-state index contributed by atoms with van der Waals surface area (Å²) < 4.78 is 31.8. The number of ether oxygens (including phenoxy) is 1. The molecule has 8 nitrogen and oxygen atoms in total. The maximum absolute atomic E-state index is 13.9. The molecule has 1 N–H and O–H groups in total. The van der Waals surface area contributed by atoms with Gasteiger partial charge in [0.2, 0.25) is 21.8 Å². The van der Waals surface area contributed by atoms with Crippen molar-refractivity contribution in [2.75, 3.05) is 30.8 Å². The Balaban J connectivity index is 1.86. The third-order valence-electron chi connectivity index (χ3n) is 6.79. The number of carbonyl (C=O) groups excluding carboxylic acids is 2. The molecule has 3 rings (SSSR count). The molecule has 1 atom stereocenters. The summed E-state index contributed by atoms with van der Waals surface area (Å²) in [6, 6.07) is 23.7. The minimum Gasteiger partial charge on any atom is -0.497 e. The van der Waals surface area contributed by atoms with Crippen LogP contribution in [0, 0.1) is 6.92 Å². The van der Waals surface area contributed by atoms with Crippen molar-refractivity contribution in [3.05, 3.63) is 95.6 Å². The number of nitrogens with one attached hydrogen (secondary N) is 1. The molecule has 0 aliphatic carbocycles. The van der Waals surface area contributed by atoms with Crippen molar-refractivity contribution in [3.8, 4) is 5.75 Å². The van der Waals surface area contributed by atoms with Crippen molar-refractivity contribution in [2.45, 2.75) is 52.1 Å². The van der Waals surface area contributed by atoms with E-state index >= 15 is 0 Å². The summed E-state index contributed by atoms with van der Waals surface area (Å²) in [6.45, 7) is 4.88. The number of hydrogen-bond acceptors (Lipinski definition) is 5. The van der Waals surface area contributed by atoms with Gasteiger partial charge in [-0.05, 0) is 43.0 Å². The lowest BCUT2D eigenvalue weighted by atomic mass is 10.0. The molecule has 0 radical (unpaired) electrons. The van der Waals surface area contributed by atoms with Gasteiger partial charge >= 0.3 is 0 Å². The summed E-state index contributed by atoms with van der Waals surface area (Å²) in [4.78, 5) is 28.9. The third kappa shape index (κ3) is 9.63. The largest absolute Gasteiger partial charge is 0.497 e. The number of carbonyl (C=O) groups is 2. The van der Waals surface area contributed by atoms with E-state index < -0.39 is 16.1 Å². The van der Waals surface area contributed by atoms with E-state index in [9.17, 15) is 18.0 Å². The van der Waals surface area contributed by atoms with Crippen LogP contribution < -0.4 is 14.4 Å². The Morgan fingerprint density at radius 3 is 2.29 bits per heavy atom. The van der Waals surface area contributed by atoms with Crippen LogP contribution >= 0.6 is 0 Å². The van der Waals surface area contributed by atoms with Gasteiger partial charge in [0.1, 0.15) is 11.8 Å². The van der Waals surface area contributed by atoms with E-state index in [0.29, 0.717) is 24.4 Å². The molecule has 41 heavy (non-hydrogen) atoms. The van der Waals surface area contributed by atoms with Gasteiger partial charge in [0.05, 0.1) is 19.1 Å². The predicted octanol–water partition coefficient (Wildman–Crippen LogP) is 4.72. The van der Waals surface area contributed by atoms with Gasteiger partial charge in [-0.25, -0.2) is 8.42 Å². The number of aryl methyl sites for hydroxylation is 1. The molecule has 0 bridgehead atoms. The first-order valence-electron chi connectivity index (χ1n) is 13.9. The third-order valence-corrected chi connectivity index (χ3v) is 7.98. The van der Waals surface area contributed by atoms with Crippen LogP contribution in [0.4, 0.5) is 5.69 Å². The molecule has 0 aliphatic rings. The lowest BCUT2D eigenvalue weighted by Crippen LogP contribution is -2.50. The number of nitrogens with zero attached hydrogens (tertiary/aromatic N) is 2. The van der Waals surface area contributed by atoms with Crippen LogP contribution in [0.5, 0.6) is 5.75 Å². The first-order valence-corrected chi connectivity index (χ1v) is 15.8. The zero-order valence-corrected chi connectivity index (χ0v) is 25.2. The number of amides is 2. The molecular formula is C32H41N3O5S. The van der Waals surface area contributed by atoms with Crippen molar-refractivity contribution in [1.29, 1.82) is 0 Å². The molecule has 9 heteroatoms. The summed E-state index contributed by atoms with van der Waals surface area (Å²) in [5.74, 6) is 0.126. The maximum Gasteiger partial charge on any atom is 0.243 e. The van der Waals surface area contributed by atoms with Crippen LogP contribution in [0.2, 0.25) is 0 Å². The van der Waals surface area contributed by atoms with E-state index in [4.69, 9.17) is 4.74 Å². The van der Waals surface area contributed by atoms with Gasteiger partial charge in [-0.2, -0.15) is 0 Å². The summed E-state index contributed by atoms with van der Waals surface area (Å²) in [7, 11) is -2.08. The van der Waals surface area contributed by atoms with Crippen molar-refractivity contribution < 1.29 is 22.7 Å². The Labute approximate surface area is 244 Å². The second-order valence-corrected chi connectivity index (χ2v) is 12.1. The molecular weight excluding hydrogens is 538 g/mol. The topological polar surface area (TPSA) is 96.0 Å². The molecule has 3 aromatic carbocycles. The van der Waals surface area contributed by atoms with Crippen molar-refractivity contribution in [1.82, 2.24) is 10.2 Å². The van der Waals surface area contributed by atoms with E-state index in [-0.39, 0.29) is 37.7 Å². The monoisotopic (exact) mass is 579 g/mol. The molecule has 0 aliphatic heterocycles. The van der Waals surface area contributed by atoms with Gasteiger partial charge in [-0.15, -0.1) is 0 Å². The molecule has 1 unspecified atom stereocenters. The van der Waals surface area contributed by atoms with Crippen molar-refractivity contribution in [3.63, 3.8) is 0 Å². The van der Waals surface area contributed by atoms with Crippen LogP contribution in [0.15, 0.2) is 78.9 Å². The van der Waals surface area contributed by atoms with Gasteiger partial charge in [0, 0.05) is 38.5 Å². The smallest absolute Gasteiger partial charge is 0.243 e. The highest BCUT2D eigenvalue weighted by atomic mass is 32.2. The fourth-order valence-electron chi connectivity index (χ4n) is 4.58. The number of methoxy groups -OCH3 is 1. The highest BCUT2D eigenvalue weighted by Gasteiger charge is 2.30. The van der Waals surface area contributed by atoms with Crippen LogP contribution in [-0.4, -0.2) is 57.6 Å². The fraction of sp³-hybridized carbons (Fsp3) is 0.375. The highest BCUT2D eigenvalue weighted by molar-refractivity contribution is 7.92. The number of rotatable bonds is 15. The molecule has 3 aromatic rings. The average Bonchev–Trinajstić information content (AvgIpc) is 2.96. The van der Waals surface area contributed by atoms with Gasteiger partial charge in [-0.1, -0.05) is 73.2 Å². The zero-order valence-electron chi connectivity index (χ0n) is 24.4. The zero-order chi connectivity index (χ0) is 29.8. The van der Waals surface area contributed by atoms with Crippen molar-refractivity contribution in [2.24, 2.45) is 0 Å². The van der Waals surface area contributed by atoms with Gasteiger partial charge in [-0.3, -0.25) is 13.9 Å². The number of sulfonamides is 1. The summed E-state index contributed by atoms with van der Waals surface area (Å²) >= 11 is 0. The normalized spacial score (nSPS) is 11.9. The SMILES string of the molecule is CCCNC(=O)C(Cc1ccccc1)N(Cc1ccc(C)cc1)C(=O)CCCN(c1cccc(OC)c1)S(C)(=O)=O. The Kier molecular flexibility index (Phi) is 11.8. The predicted molar refractivity (Wildman–Crippen MR) is 163 cm³/mol.